The van der Waals surface area contributed by atoms with Crippen LogP contribution in [0, 0.1) is 0 Å². The maximum atomic E-state index is 9.95. The molecule has 17 heavy (non-hydrogen) atoms. The zero-order valence-corrected chi connectivity index (χ0v) is 11.2. The molecule has 0 bridgehead atoms. The number of hydrogen-bond donors (Lipinski definition) is 2. The van der Waals surface area contributed by atoms with Gasteiger partial charge in [-0.05, 0) is 39.7 Å². The number of halogens is 1. The van der Waals surface area contributed by atoms with Gasteiger partial charge in [0.25, 0.3) is 0 Å². The van der Waals surface area contributed by atoms with Crippen molar-refractivity contribution in [3.8, 4) is 0 Å². The lowest BCUT2D eigenvalue weighted by molar-refractivity contribution is 0.174. The second kappa shape index (κ2) is 7.67. The number of nitrogens with zero attached hydrogens (tertiary/aromatic N) is 1. The first-order valence-corrected chi connectivity index (χ1v) is 6.27. The van der Waals surface area contributed by atoms with Crippen LogP contribution in [0.2, 0.25) is 5.02 Å². The Hall–Kier alpha value is -0.610. The Morgan fingerprint density at radius 1 is 1.35 bits per heavy atom. The van der Waals surface area contributed by atoms with E-state index < -0.39 is 6.10 Å². The van der Waals surface area contributed by atoms with Gasteiger partial charge in [-0.15, -0.1) is 0 Å². The molecule has 0 aliphatic heterocycles. The molecule has 0 heterocycles. The predicted octanol–water partition coefficient (Wildman–Crippen LogP) is 1.91. The lowest BCUT2D eigenvalue weighted by Gasteiger charge is -2.14. The molecule has 1 aromatic carbocycles. The summed E-state index contributed by atoms with van der Waals surface area (Å²) in [6.07, 6.45) is 0.533. The molecule has 1 atom stereocenters. The van der Waals surface area contributed by atoms with Gasteiger partial charge >= 0.3 is 0 Å². The van der Waals surface area contributed by atoms with Gasteiger partial charge in [0, 0.05) is 17.1 Å². The van der Waals surface area contributed by atoms with E-state index in [0.717, 1.165) is 25.1 Å². The van der Waals surface area contributed by atoms with Gasteiger partial charge in [-0.25, -0.2) is 0 Å². The van der Waals surface area contributed by atoms with Gasteiger partial charge in [0.05, 0.1) is 6.10 Å². The minimum Gasteiger partial charge on any atom is -0.387 e. The highest BCUT2D eigenvalue weighted by atomic mass is 35.5. The van der Waals surface area contributed by atoms with Crippen molar-refractivity contribution >= 4 is 11.6 Å². The third-order valence-electron chi connectivity index (χ3n) is 2.56. The van der Waals surface area contributed by atoms with Gasteiger partial charge in [-0.2, -0.15) is 0 Å². The SMILES string of the molecule is CN(C)CCCNCC(O)c1ccccc1Cl. The van der Waals surface area contributed by atoms with Crippen molar-refractivity contribution in [3.63, 3.8) is 0 Å². The Balaban J connectivity index is 2.26. The zero-order valence-electron chi connectivity index (χ0n) is 10.5. The van der Waals surface area contributed by atoms with E-state index in [1.807, 2.05) is 18.2 Å². The van der Waals surface area contributed by atoms with E-state index in [4.69, 9.17) is 11.6 Å². The molecule has 0 fully saturated rings. The van der Waals surface area contributed by atoms with Gasteiger partial charge in [0.1, 0.15) is 0 Å². The molecule has 3 nitrogen and oxygen atoms in total. The van der Waals surface area contributed by atoms with Crippen LogP contribution in [0.25, 0.3) is 0 Å². The smallest absolute Gasteiger partial charge is 0.0928 e. The van der Waals surface area contributed by atoms with E-state index in [-0.39, 0.29) is 0 Å². The number of rotatable bonds is 7. The maximum absolute atomic E-state index is 9.95. The van der Waals surface area contributed by atoms with Crippen LogP contribution in [-0.2, 0) is 0 Å². The topological polar surface area (TPSA) is 35.5 Å². The fraction of sp³-hybridized carbons (Fsp3) is 0.538. The molecule has 0 radical (unpaired) electrons. The molecule has 1 aromatic rings. The number of benzene rings is 1. The van der Waals surface area contributed by atoms with Crippen molar-refractivity contribution in [1.82, 2.24) is 10.2 Å². The monoisotopic (exact) mass is 256 g/mol. The molecule has 0 aromatic heterocycles. The van der Waals surface area contributed by atoms with Crippen LogP contribution in [0.3, 0.4) is 0 Å². The van der Waals surface area contributed by atoms with Crippen molar-refractivity contribution in [3.05, 3.63) is 34.9 Å². The second-order valence-corrected chi connectivity index (χ2v) is 4.81. The number of aliphatic hydroxyl groups excluding tert-OH is 1. The fourth-order valence-corrected chi connectivity index (χ4v) is 1.88. The van der Waals surface area contributed by atoms with Gasteiger partial charge in [0.15, 0.2) is 0 Å². The van der Waals surface area contributed by atoms with E-state index in [0.29, 0.717) is 11.6 Å². The lowest BCUT2D eigenvalue weighted by Crippen LogP contribution is -2.25. The highest BCUT2D eigenvalue weighted by Gasteiger charge is 2.09. The highest BCUT2D eigenvalue weighted by molar-refractivity contribution is 6.31. The van der Waals surface area contributed by atoms with E-state index in [2.05, 4.69) is 24.3 Å². The summed E-state index contributed by atoms with van der Waals surface area (Å²) >= 11 is 6.01. The van der Waals surface area contributed by atoms with Gasteiger partial charge < -0.3 is 15.3 Å². The quantitative estimate of drug-likeness (QED) is 0.732. The minimum atomic E-state index is -0.539. The first-order valence-electron chi connectivity index (χ1n) is 5.89. The number of aliphatic hydroxyl groups is 1. The summed E-state index contributed by atoms with van der Waals surface area (Å²) in [5.74, 6) is 0. The van der Waals surface area contributed by atoms with Crippen LogP contribution in [-0.4, -0.2) is 43.7 Å². The molecule has 2 N–H and O–H groups in total. The lowest BCUT2D eigenvalue weighted by atomic mass is 10.1. The first-order chi connectivity index (χ1) is 8.11. The number of hydrogen-bond acceptors (Lipinski definition) is 3. The van der Waals surface area contributed by atoms with Crippen molar-refractivity contribution in [2.75, 3.05) is 33.7 Å². The van der Waals surface area contributed by atoms with Crippen LogP contribution in [0.5, 0.6) is 0 Å². The molecule has 1 unspecified atom stereocenters. The van der Waals surface area contributed by atoms with Crippen LogP contribution in [0.15, 0.2) is 24.3 Å². The third-order valence-corrected chi connectivity index (χ3v) is 2.90. The Kier molecular flexibility index (Phi) is 6.52. The molecule has 0 amide bonds. The summed E-state index contributed by atoms with van der Waals surface area (Å²) in [5.41, 5.74) is 0.786. The number of nitrogens with one attached hydrogen (secondary N) is 1. The summed E-state index contributed by atoms with van der Waals surface area (Å²) in [5, 5.41) is 13.8. The Morgan fingerprint density at radius 2 is 2.06 bits per heavy atom. The summed E-state index contributed by atoms with van der Waals surface area (Å²) in [7, 11) is 4.11. The summed E-state index contributed by atoms with van der Waals surface area (Å²) < 4.78 is 0. The summed E-state index contributed by atoms with van der Waals surface area (Å²) in [6, 6.07) is 7.40. The molecule has 0 spiro atoms. The van der Waals surface area contributed by atoms with Crippen LogP contribution in [0.1, 0.15) is 18.1 Å². The van der Waals surface area contributed by atoms with Crippen molar-refractivity contribution in [2.45, 2.75) is 12.5 Å². The molecular weight excluding hydrogens is 236 g/mol. The third kappa shape index (κ3) is 5.50. The van der Waals surface area contributed by atoms with E-state index in [1.165, 1.54) is 0 Å². The standard InChI is InChI=1S/C13H21ClN2O/c1-16(2)9-5-8-15-10-13(17)11-6-3-4-7-12(11)14/h3-4,6-7,13,15,17H,5,8-10H2,1-2H3. The average molecular weight is 257 g/mol. The molecule has 0 saturated heterocycles. The Morgan fingerprint density at radius 3 is 2.71 bits per heavy atom. The largest absolute Gasteiger partial charge is 0.387 e. The van der Waals surface area contributed by atoms with Crippen molar-refractivity contribution < 1.29 is 5.11 Å². The highest BCUT2D eigenvalue weighted by Crippen LogP contribution is 2.21. The molecule has 0 saturated carbocycles. The molecule has 0 aliphatic rings. The fourth-order valence-electron chi connectivity index (χ4n) is 1.61. The molecular formula is C13H21ClN2O. The van der Waals surface area contributed by atoms with Crippen LogP contribution < -0.4 is 5.32 Å². The van der Waals surface area contributed by atoms with E-state index in [9.17, 15) is 5.11 Å². The Bertz CT molecular complexity index is 331. The summed E-state index contributed by atoms with van der Waals surface area (Å²) in [6.45, 7) is 2.49. The van der Waals surface area contributed by atoms with Crippen LogP contribution >= 0.6 is 11.6 Å². The van der Waals surface area contributed by atoms with E-state index >= 15 is 0 Å². The molecule has 96 valence electrons. The normalized spacial score (nSPS) is 13.0. The predicted molar refractivity (Wildman–Crippen MR) is 72.5 cm³/mol. The average Bonchev–Trinajstić information content (AvgIpc) is 2.28. The molecule has 4 heteroatoms. The van der Waals surface area contributed by atoms with Crippen molar-refractivity contribution in [1.29, 1.82) is 0 Å². The molecule has 1 rings (SSSR count). The first kappa shape index (κ1) is 14.5. The van der Waals surface area contributed by atoms with Crippen molar-refractivity contribution in [2.24, 2.45) is 0 Å². The minimum absolute atomic E-state index is 0.539. The van der Waals surface area contributed by atoms with Gasteiger partial charge in [-0.3, -0.25) is 0 Å². The summed E-state index contributed by atoms with van der Waals surface area (Å²) in [4.78, 5) is 2.15. The molecule has 0 aliphatic carbocycles. The van der Waals surface area contributed by atoms with E-state index in [1.54, 1.807) is 6.07 Å². The second-order valence-electron chi connectivity index (χ2n) is 4.40. The maximum Gasteiger partial charge on any atom is 0.0928 e. The Labute approximate surface area is 108 Å². The van der Waals surface area contributed by atoms with Crippen LogP contribution in [0.4, 0.5) is 0 Å². The van der Waals surface area contributed by atoms with Gasteiger partial charge in [0.2, 0.25) is 0 Å². The zero-order chi connectivity index (χ0) is 12.7. The van der Waals surface area contributed by atoms with Gasteiger partial charge in [-0.1, -0.05) is 29.8 Å².